The first-order valence-corrected chi connectivity index (χ1v) is 5.88. The van der Waals surface area contributed by atoms with E-state index >= 15 is 0 Å². The molecule has 0 atom stereocenters. The Hall–Kier alpha value is -2.38. The molecule has 0 radical (unpaired) electrons. The second kappa shape index (κ2) is 5.09. The van der Waals surface area contributed by atoms with Crippen molar-refractivity contribution in [1.29, 1.82) is 0 Å². The fraction of sp³-hybridized carbons (Fsp3) is 0.455. The molecule has 0 amide bonds. The Labute approximate surface area is 108 Å². The number of hydrogen-bond acceptors (Lipinski definition) is 6. The van der Waals surface area contributed by atoms with Crippen molar-refractivity contribution in [1.82, 2.24) is 19.6 Å². The Morgan fingerprint density at radius 2 is 1.89 bits per heavy atom. The highest BCUT2D eigenvalue weighted by atomic mass is 16.6. The van der Waals surface area contributed by atoms with E-state index in [1.165, 1.54) is 4.52 Å². The summed E-state index contributed by atoms with van der Waals surface area (Å²) in [5, 5.41) is 7.46. The average Bonchev–Trinajstić information content (AvgIpc) is 2.92. The highest BCUT2D eigenvalue weighted by Gasteiger charge is 2.22. The predicted molar refractivity (Wildman–Crippen MR) is 64.1 cm³/mol. The zero-order valence-electron chi connectivity index (χ0n) is 10.9. The molecular weight excluding hydrogens is 252 g/mol. The van der Waals surface area contributed by atoms with Crippen LogP contribution in [-0.2, 0) is 9.47 Å². The number of rotatable bonds is 3. The molecule has 2 aromatic heterocycles. The molecule has 0 saturated heterocycles. The molecule has 0 spiro atoms. The summed E-state index contributed by atoms with van der Waals surface area (Å²) >= 11 is 0. The first kappa shape index (κ1) is 13.1. The van der Waals surface area contributed by atoms with Gasteiger partial charge in [0.2, 0.25) is 0 Å². The summed E-state index contributed by atoms with van der Waals surface area (Å²) in [6.07, 6.45) is -0.637. The summed E-state index contributed by atoms with van der Waals surface area (Å²) < 4.78 is 12.1. The van der Waals surface area contributed by atoms with Crippen LogP contribution >= 0.6 is 0 Å². The molecule has 0 aliphatic carbocycles. The van der Waals surface area contributed by atoms with Gasteiger partial charge in [-0.2, -0.15) is 4.52 Å². The zero-order valence-corrected chi connectivity index (χ0v) is 10.9. The largest absolute Gasteiger partial charge is 0.461 e. The van der Waals surface area contributed by atoms with Gasteiger partial charge in [0, 0.05) is 0 Å². The molecule has 102 valence electrons. The average molecular weight is 266 g/mol. The smallest absolute Gasteiger partial charge is 0.438 e. The number of hydrogen-bond donors (Lipinski definition) is 0. The van der Waals surface area contributed by atoms with Crippen molar-refractivity contribution >= 4 is 17.7 Å². The summed E-state index contributed by atoms with van der Waals surface area (Å²) in [5.74, 6) is -0.512. The van der Waals surface area contributed by atoms with Crippen LogP contribution < -0.4 is 0 Å². The van der Waals surface area contributed by atoms with Gasteiger partial charge in [0.1, 0.15) is 0 Å². The van der Waals surface area contributed by atoms with Crippen LogP contribution in [-0.4, -0.2) is 44.9 Å². The Morgan fingerprint density at radius 3 is 2.53 bits per heavy atom. The van der Waals surface area contributed by atoms with Crippen LogP contribution in [0.2, 0.25) is 0 Å². The van der Waals surface area contributed by atoms with Gasteiger partial charge in [0.25, 0.3) is 0 Å². The van der Waals surface area contributed by atoms with E-state index < -0.39 is 12.1 Å². The number of ether oxygens (including phenoxy) is 2. The van der Waals surface area contributed by atoms with E-state index in [1.807, 2.05) is 0 Å². The topological polar surface area (TPSA) is 87.7 Å². The normalized spacial score (nSPS) is 10.7. The molecular formula is C11H14N4O4. The van der Waals surface area contributed by atoms with E-state index in [-0.39, 0.29) is 18.9 Å². The van der Waals surface area contributed by atoms with Crippen molar-refractivity contribution in [2.75, 3.05) is 13.2 Å². The lowest BCUT2D eigenvalue weighted by molar-refractivity contribution is 0.0516. The van der Waals surface area contributed by atoms with E-state index in [0.717, 1.165) is 4.68 Å². The fourth-order valence-corrected chi connectivity index (χ4v) is 1.74. The lowest BCUT2D eigenvalue weighted by Gasteiger charge is -1.99. The van der Waals surface area contributed by atoms with E-state index in [1.54, 1.807) is 26.8 Å². The number of carbonyl (C=O) groups is 2. The number of carbonyl (C=O) groups excluding carboxylic acids is 2. The molecule has 0 unspecified atom stereocenters. The van der Waals surface area contributed by atoms with Crippen molar-refractivity contribution in [3.05, 3.63) is 17.3 Å². The van der Waals surface area contributed by atoms with Gasteiger partial charge in [-0.1, -0.05) is 0 Å². The predicted octanol–water partition coefficient (Wildman–Crippen LogP) is 1.02. The third-order valence-electron chi connectivity index (χ3n) is 2.48. The van der Waals surface area contributed by atoms with Crippen LogP contribution in [0.15, 0.2) is 6.07 Å². The van der Waals surface area contributed by atoms with Crippen LogP contribution in [0, 0.1) is 6.92 Å². The minimum atomic E-state index is -0.637. The van der Waals surface area contributed by atoms with Crippen molar-refractivity contribution in [3.8, 4) is 0 Å². The lowest BCUT2D eigenvalue weighted by atomic mass is 10.3. The summed E-state index contributed by atoms with van der Waals surface area (Å²) in [6, 6.07) is 1.59. The molecule has 2 rings (SSSR count). The van der Waals surface area contributed by atoms with E-state index in [9.17, 15) is 9.59 Å². The molecule has 2 heterocycles. The van der Waals surface area contributed by atoms with Crippen LogP contribution in [0.25, 0.3) is 5.65 Å². The first-order chi connectivity index (χ1) is 9.10. The number of fused-ring (bicyclic) bond motifs is 1. The van der Waals surface area contributed by atoms with Crippen molar-refractivity contribution < 1.29 is 19.1 Å². The van der Waals surface area contributed by atoms with Crippen LogP contribution in [0.1, 0.15) is 29.9 Å². The van der Waals surface area contributed by atoms with Gasteiger partial charge in [-0.15, -0.1) is 4.68 Å². The maximum absolute atomic E-state index is 11.7. The first-order valence-electron chi connectivity index (χ1n) is 5.88. The van der Waals surface area contributed by atoms with Crippen molar-refractivity contribution in [3.63, 3.8) is 0 Å². The molecule has 8 heteroatoms. The third-order valence-corrected chi connectivity index (χ3v) is 2.48. The monoisotopic (exact) mass is 266 g/mol. The number of nitrogens with zero attached hydrogens (tertiary/aromatic N) is 4. The molecule has 0 aliphatic rings. The Morgan fingerprint density at radius 1 is 1.21 bits per heavy atom. The highest BCUT2D eigenvalue weighted by molar-refractivity contribution is 5.90. The molecule has 0 aromatic carbocycles. The molecule has 0 fully saturated rings. The van der Waals surface area contributed by atoms with E-state index in [4.69, 9.17) is 9.47 Å². The van der Waals surface area contributed by atoms with Gasteiger partial charge in [0.15, 0.2) is 11.3 Å². The molecule has 2 aromatic rings. The number of aromatic nitrogens is 4. The van der Waals surface area contributed by atoms with Gasteiger partial charge in [-0.25, -0.2) is 9.59 Å². The maximum Gasteiger partial charge on any atom is 0.438 e. The van der Waals surface area contributed by atoms with E-state index in [2.05, 4.69) is 10.4 Å². The second-order valence-electron chi connectivity index (χ2n) is 3.76. The van der Waals surface area contributed by atoms with Crippen molar-refractivity contribution in [2.45, 2.75) is 20.8 Å². The summed E-state index contributed by atoms with van der Waals surface area (Å²) in [4.78, 5) is 23.4. The molecule has 0 aliphatic heterocycles. The minimum absolute atomic E-state index is 0.227. The summed E-state index contributed by atoms with van der Waals surface area (Å²) in [7, 11) is 0. The number of esters is 1. The van der Waals surface area contributed by atoms with Crippen LogP contribution in [0.4, 0.5) is 4.79 Å². The van der Waals surface area contributed by atoms with Crippen LogP contribution in [0.3, 0.4) is 0 Å². The summed E-state index contributed by atoms with van der Waals surface area (Å²) in [6.45, 7) is 5.65. The van der Waals surface area contributed by atoms with Gasteiger partial charge >= 0.3 is 12.1 Å². The fourth-order valence-electron chi connectivity index (χ4n) is 1.74. The Kier molecular flexibility index (Phi) is 3.50. The van der Waals surface area contributed by atoms with Gasteiger partial charge in [-0.05, 0) is 42.8 Å². The molecule has 0 saturated carbocycles. The standard InChI is InChI=1S/C11H14N4O4/c1-4-18-10(16)8-6-7(3)9-14(8)12-13-15(9)11(17)19-5-2/h6H,4-5H2,1-3H3. The summed E-state index contributed by atoms with van der Waals surface area (Å²) in [5.41, 5.74) is 1.30. The van der Waals surface area contributed by atoms with Crippen LogP contribution in [0.5, 0.6) is 0 Å². The molecule has 8 nitrogen and oxygen atoms in total. The van der Waals surface area contributed by atoms with Crippen molar-refractivity contribution in [2.24, 2.45) is 0 Å². The van der Waals surface area contributed by atoms with Gasteiger partial charge in [0.05, 0.1) is 13.2 Å². The zero-order chi connectivity index (χ0) is 14.0. The molecule has 0 N–H and O–H groups in total. The SMILES string of the molecule is CCOC(=O)c1cc(C)c2n(C(=O)OCC)nnn12. The third kappa shape index (κ3) is 2.16. The quantitative estimate of drug-likeness (QED) is 0.608. The van der Waals surface area contributed by atoms with E-state index in [0.29, 0.717) is 11.2 Å². The molecule has 19 heavy (non-hydrogen) atoms. The number of aryl methyl sites for hydroxylation is 1. The highest BCUT2D eigenvalue weighted by Crippen LogP contribution is 2.15. The maximum atomic E-state index is 11.7. The molecule has 0 bridgehead atoms. The minimum Gasteiger partial charge on any atom is -0.461 e. The Bertz CT molecular complexity index is 612. The second-order valence-corrected chi connectivity index (χ2v) is 3.76. The Balaban J connectivity index is 2.50. The lowest BCUT2D eigenvalue weighted by Crippen LogP contribution is -2.15. The van der Waals surface area contributed by atoms with Gasteiger partial charge in [-0.3, -0.25) is 0 Å². The van der Waals surface area contributed by atoms with Gasteiger partial charge < -0.3 is 9.47 Å². The number of tetrazole rings is 1.